The van der Waals surface area contributed by atoms with Gasteiger partial charge in [0.2, 0.25) is 0 Å². The minimum Gasteiger partial charge on any atom is -0.451 e. The van der Waals surface area contributed by atoms with Gasteiger partial charge in [0.25, 0.3) is 11.8 Å². The summed E-state index contributed by atoms with van der Waals surface area (Å²) in [7, 11) is 0. The van der Waals surface area contributed by atoms with Crippen molar-refractivity contribution in [1.82, 2.24) is 10.6 Å². The Morgan fingerprint density at radius 2 is 1.79 bits per heavy atom. The first-order valence-electron chi connectivity index (χ1n) is 8.55. The molecule has 2 unspecified atom stereocenters. The number of carbonyl (C=O) groups excluding carboxylic acids is 3. The van der Waals surface area contributed by atoms with Gasteiger partial charge < -0.3 is 15.4 Å². The number of halogens is 2. The van der Waals surface area contributed by atoms with Crippen LogP contribution in [0.15, 0.2) is 53.0 Å². The number of hydrogen-bond donors (Lipinski definition) is 2. The lowest BCUT2D eigenvalue weighted by atomic mass is 10.1. The van der Waals surface area contributed by atoms with Crippen molar-refractivity contribution in [3.05, 3.63) is 69.9 Å². The van der Waals surface area contributed by atoms with Gasteiger partial charge in [0, 0.05) is 10.0 Å². The van der Waals surface area contributed by atoms with Crippen molar-refractivity contribution in [1.29, 1.82) is 0 Å². The molecule has 2 atom stereocenters. The Labute approximate surface area is 170 Å². The van der Waals surface area contributed by atoms with Crippen molar-refractivity contribution < 1.29 is 23.5 Å². The van der Waals surface area contributed by atoms with Gasteiger partial charge in [-0.3, -0.25) is 14.4 Å². The molecule has 0 spiro atoms. The second-order valence-corrected chi connectivity index (χ2v) is 7.02. The number of hydrogen-bond acceptors (Lipinski definition) is 4. The number of amides is 2. The molecule has 8 heteroatoms. The van der Waals surface area contributed by atoms with E-state index < -0.39 is 23.9 Å². The highest BCUT2D eigenvalue weighted by molar-refractivity contribution is 9.10. The van der Waals surface area contributed by atoms with Crippen LogP contribution in [-0.4, -0.2) is 30.4 Å². The van der Waals surface area contributed by atoms with E-state index in [2.05, 4.69) is 26.6 Å². The van der Waals surface area contributed by atoms with E-state index in [0.717, 1.165) is 10.0 Å². The van der Waals surface area contributed by atoms with Crippen LogP contribution in [0.5, 0.6) is 0 Å². The SMILES string of the molecule is CC(OC(=O)CNC(=O)c1cccc(Br)c1)C(=O)NC(C)c1ccc(F)cc1. The van der Waals surface area contributed by atoms with Crippen LogP contribution in [0.25, 0.3) is 0 Å². The predicted molar refractivity (Wildman–Crippen MR) is 105 cm³/mol. The Hall–Kier alpha value is -2.74. The fourth-order valence-corrected chi connectivity index (χ4v) is 2.74. The van der Waals surface area contributed by atoms with Crippen molar-refractivity contribution in [2.75, 3.05) is 6.54 Å². The molecule has 0 radical (unpaired) electrons. The van der Waals surface area contributed by atoms with E-state index in [9.17, 15) is 18.8 Å². The molecule has 0 aliphatic carbocycles. The molecule has 0 bridgehead atoms. The molecule has 148 valence electrons. The van der Waals surface area contributed by atoms with E-state index in [0.29, 0.717) is 5.56 Å². The molecule has 0 fully saturated rings. The number of esters is 1. The molecule has 2 N–H and O–H groups in total. The molecule has 0 aromatic heterocycles. The minimum absolute atomic E-state index is 0.365. The van der Waals surface area contributed by atoms with Gasteiger partial charge in [-0.1, -0.05) is 34.1 Å². The Bertz CT molecular complexity index is 858. The average molecular weight is 451 g/mol. The van der Waals surface area contributed by atoms with Gasteiger partial charge in [0.05, 0.1) is 6.04 Å². The lowest BCUT2D eigenvalue weighted by Crippen LogP contribution is -2.39. The number of rotatable bonds is 7. The van der Waals surface area contributed by atoms with Crippen molar-refractivity contribution in [3.8, 4) is 0 Å². The molecular weight excluding hydrogens is 431 g/mol. The first-order valence-corrected chi connectivity index (χ1v) is 9.34. The van der Waals surface area contributed by atoms with Gasteiger partial charge in [-0.05, 0) is 49.7 Å². The Balaban J connectivity index is 1.80. The largest absolute Gasteiger partial charge is 0.451 e. The van der Waals surface area contributed by atoms with E-state index in [4.69, 9.17) is 4.74 Å². The number of nitrogens with one attached hydrogen (secondary N) is 2. The second-order valence-electron chi connectivity index (χ2n) is 6.11. The fraction of sp³-hybridized carbons (Fsp3) is 0.250. The molecule has 2 aromatic rings. The van der Waals surface area contributed by atoms with Gasteiger partial charge in [0.15, 0.2) is 6.10 Å². The molecule has 2 amide bonds. The van der Waals surface area contributed by atoms with Crippen molar-refractivity contribution >= 4 is 33.7 Å². The molecule has 0 heterocycles. The zero-order valence-corrected chi connectivity index (χ0v) is 17.0. The van der Waals surface area contributed by atoms with E-state index >= 15 is 0 Å². The van der Waals surface area contributed by atoms with E-state index in [1.54, 1.807) is 43.3 Å². The first kappa shape index (κ1) is 21.6. The van der Waals surface area contributed by atoms with Crippen LogP contribution in [-0.2, 0) is 14.3 Å². The summed E-state index contributed by atoms with van der Waals surface area (Å²) >= 11 is 3.26. The van der Waals surface area contributed by atoms with Crippen LogP contribution in [0.1, 0.15) is 35.8 Å². The lowest BCUT2D eigenvalue weighted by Gasteiger charge is -2.18. The highest BCUT2D eigenvalue weighted by Gasteiger charge is 2.20. The maximum absolute atomic E-state index is 13.0. The highest BCUT2D eigenvalue weighted by atomic mass is 79.9. The van der Waals surface area contributed by atoms with Gasteiger partial charge >= 0.3 is 5.97 Å². The summed E-state index contributed by atoms with van der Waals surface area (Å²) in [5, 5.41) is 5.13. The lowest BCUT2D eigenvalue weighted by molar-refractivity contribution is -0.154. The fourth-order valence-electron chi connectivity index (χ4n) is 2.34. The zero-order valence-electron chi connectivity index (χ0n) is 15.4. The Morgan fingerprint density at radius 3 is 2.43 bits per heavy atom. The van der Waals surface area contributed by atoms with Gasteiger partial charge in [-0.2, -0.15) is 0 Å². The quantitative estimate of drug-likeness (QED) is 0.634. The monoisotopic (exact) mass is 450 g/mol. The summed E-state index contributed by atoms with van der Waals surface area (Å²) in [5.74, 6) is -2.03. The summed E-state index contributed by atoms with van der Waals surface area (Å²) in [6, 6.07) is 12.1. The smallest absolute Gasteiger partial charge is 0.326 e. The summed E-state index contributed by atoms with van der Waals surface area (Å²) in [6.45, 7) is 2.80. The Morgan fingerprint density at radius 1 is 1.11 bits per heavy atom. The molecule has 28 heavy (non-hydrogen) atoms. The third-order valence-corrected chi connectivity index (χ3v) is 4.38. The maximum atomic E-state index is 13.0. The summed E-state index contributed by atoms with van der Waals surface area (Å²) in [5.41, 5.74) is 1.11. The third kappa shape index (κ3) is 6.45. The summed E-state index contributed by atoms with van der Waals surface area (Å²) in [4.78, 5) is 36.1. The molecule has 6 nitrogen and oxygen atoms in total. The van der Waals surface area contributed by atoms with Crippen LogP contribution in [0, 0.1) is 5.82 Å². The summed E-state index contributed by atoms with van der Waals surface area (Å²) in [6.07, 6.45) is -1.04. The predicted octanol–water partition coefficient (Wildman–Crippen LogP) is 3.13. The molecule has 0 aliphatic rings. The van der Waals surface area contributed by atoms with Crippen LogP contribution >= 0.6 is 15.9 Å². The average Bonchev–Trinajstić information content (AvgIpc) is 2.66. The van der Waals surface area contributed by atoms with Gasteiger partial charge in [0.1, 0.15) is 12.4 Å². The van der Waals surface area contributed by atoms with Crippen LogP contribution in [0.4, 0.5) is 4.39 Å². The van der Waals surface area contributed by atoms with E-state index in [-0.39, 0.29) is 18.4 Å². The molecular formula is C20H20BrFN2O4. The standard InChI is InChI=1S/C20H20BrFN2O4/c1-12(14-6-8-17(22)9-7-14)24-19(26)13(2)28-18(25)11-23-20(27)15-4-3-5-16(21)10-15/h3-10,12-13H,11H2,1-2H3,(H,23,27)(H,24,26). The highest BCUT2D eigenvalue weighted by Crippen LogP contribution is 2.13. The van der Waals surface area contributed by atoms with Crippen molar-refractivity contribution in [2.45, 2.75) is 26.0 Å². The normalized spacial score (nSPS) is 12.6. The van der Waals surface area contributed by atoms with E-state index in [1.807, 2.05) is 0 Å². The van der Waals surface area contributed by atoms with Crippen molar-refractivity contribution in [2.24, 2.45) is 0 Å². The molecule has 0 aliphatic heterocycles. The molecule has 2 rings (SSSR count). The maximum Gasteiger partial charge on any atom is 0.326 e. The molecule has 2 aromatic carbocycles. The Kier molecular flexibility index (Phi) is 7.69. The van der Waals surface area contributed by atoms with E-state index in [1.165, 1.54) is 19.1 Å². The summed E-state index contributed by atoms with van der Waals surface area (Å²) < 4.78 is 18.7. The number of carbonyl (C=O) groups is 3. The molecule has 0 saturated carbocycles. The van der Waals surface area contributed by atoms with Crippen LogP contribution in [0.2, 0.25) is 0 Å². The number of ether oxygens (including phenoxy) is 1. The van der Waals surface area contributed by atoms with Gasteiger partial charge in [-0.25, -0.2) is 4.39 Å². The van der Waals surface area contributed by atoms with Crippen LogP contribution in [0.3, 0.4) is 0 Å². The first-order chi connectivity index (χ1) is 13.3. The van der Waals surface area contributed by atoms with Crippen molar-refractivity contribution in [3.63, 3.8) is 0 Å². The second kappa shape index (κ2) is 9.98. The molecule has 0 saturated heterocycles. The number of benzene rings is 2. The minimum atomic E-state index is -1.04. The zero-order chi connectivity index (χ0) is 20.7. The third-order valence-electron chi connectivity index (χ3n) is 3.89. The topological polar surface area (TPSA) is 84.5 Å². The van der Waals surface area contributed by atoms with Crippen LogP contribution < -0.4 is 10.6 Å². The van der Waals surface area contributed by atoms with Gasteiger partial charge in [-0.15, -0.1) is 0 Å².